The maximum Gasteiger partial charge on any atom is 0.423 e. The van der Waals surface area contributed by atoms with Crippen LogP contribution in [0.1, 0.15) is 33.6 Å². The van der Waals surface area contributed by atoms with Gasteiger partial charge in [-0.2, -0.15) is 26.3 Å². The van der Waals surface area contributed by atoms with Crippen LogP contribution in [-0.2, 0) is 9.47 Å². The van der Waals surface area contributed by atoms with Gasteiger partial charge in [-0.25, -0.2) is 4.79 Å². The highest BCUT2D eigenvalue weighted by atomic mass is 19.4. The van der Waals surface area contributed by atoms with Gasteiger partial charge in [-0.1, -0.05) is 0 Å². The monoisotopic (exact) mass is 351 g/mol. The molecule has 1 fully saturated rings. The molecule has 1 heterocycles. The number of amides is 1. The lowest BCUT2D eigenvalue weighted by molar-refractivity contribution is -0.323. The normalized spacial score (nSPS) is 20.3. The van der Waals surface area contributed by atoms with Crippen molar-refractivity contribution in [1.82, 2.24) is 4.90 Å². The lowest BCUT2D eigenvalue weighted by atomic mass is 10.2. The first-order chi connectivity index (χ1) is 10.2. The van der Waals surface area contributed by atoms with E-state index in [-0.39, 0.29) is 13.0 Å². The van der Waals surface area contributed by atoms with Gasteiger partial charge in [-0.3, -0.25) is 0 Å². The number of rotatable bonds is 3. The summed E-state index contributed by atoms with van der Waals surface area (Å²) in [5, 5.41) is 0. The molecule has 0 radical (unpaired) electrons. The van der Waals surface area contributed by atoms with Gasteiger partial charge >= 0.3 is 18.4 Å². The van der Waals surface area contributed by atoms with Crippen molar-refractivity contribution in [2.24, 2.45) is 0 Å². The summed E-state index contributed by atoms with van der Waals surface area (Å²) in [6, 6.07) is -0.878. The summed E-state index contributed by atoms with van der Waals surface area (Å²) in [5.41, 5.74) is -0.814. The molecule has 4 nitrogen and oxygen atoms in total. The van der Waals surface area contributed by atoms with E-state index in [2.05, 4.69) is 4.74 Å². The molecule has 0 aliphatic carbocycles. The number of carbonyl (C=O) groups is 1. The smallest absolute Gasteiger partial charge is 0.423 e. The molecule has 1 saturated heterocycles. The van der Waals surface area contributed by atoms with Crippen LogP contribution in [0.5, 0.6) is 0 Å². The maximum atomic E-state index is 12.4. The van der Waals surface area contributed by atoms with Crippen LogP contribution in [0.2, 0.25) is 0 Å². The van der Waals surface area contributed by atoms with Crippen molar-refractivity contribution < 1.29 is 40.6 Å². The molecule has 1 rings (SSSR count). The molecule has 1 atom stereocenters. The number of hydrogen-bond donors (Lipinski definition) is 0. The Morgan fingerprint density at radius 2 is 1.65 bits per heavy atom. The minimum Gasteiger partial charge on any atom is -0.444 e. The van der Waals surface area contributed by atoms with E-state index in [0.717, 1.165) is 4.90 Å². The number of alkyl halides is 6. The Labute approximate surface area is 129 Å². The average Bonchev–Trinajstić information content (AvgIpc) is 2.71. The predicted molar refractivity (Wildman–Crippen MR) is 67.8 cm³/mol. The molecule has 1 aliphatic heterocycles. The second-order valence-corrected chi connectivity index (χ2v) is 6.27. The quantitative estimate of drug-likeness (QED) is 0.724. The van der Waals surface area contributed by atoms with Crippen LogP contribution in [0.15, 0.2) is 0 Å². The average molecular weight is 351 g/mol. The number of ether oxygens (including phenoxy) is 2. The van der Waals surface area contributed by atoms with Crippen molar-refractivity contribution in [1.29, 1.82) is 0 Å². The minimum atomic E-state index is -5.56. The van der Waals surface area contributed by atoms with Crippen molar-refractivity contribution >= 4 is 6.09 Å². The van der Waals surface area contributed by atoms with Crippen LogP contribution in [0.3, 0.4) is 0 Å². The van der Waals surface area contributed by atoms with E-state index in [9.17, 15) is 31.1 Å². The van der Waals surface area contributed by atoms with E-state index in [1.54, 1.807) is 20.8 Å². The van der Waals surface area contributed by atoms with Crippen LogP contribution in [-0.4, -0.2) is 54.2 Å². The molecule has 10 heteroatoms. The van der Waals surface area contributed by atoms with Gasteiger partial charge in [0.25, 0.3) is 0 Å². The Hall–Kier alpha value is -1.19. The molecule has 1 amide bonds. The Balaban J connectivity index is 2.70. The van der Waals surface area contributed by atoms with Gasteiger partial charge in [0.2, 0.25) is 6.10 Å². The second kappa shape index (κ2) is 6.74. The molecule has 1 unspecified atom stereocenters. The topological polar surface area (TPSA) is 38.8 Å². The number of hydrogen-bond acceptors (Lipinski definition) is 3. The molecule has 0 spiro atoms. The molecule has 1 aliphatic rings. The molecule has 0 bridgehead atoms. The molecular formula is C13H19F6NO3. The fraction of sp³-hybridized carbons (Fsp3) is 0.923. The lowest BCUT2D eigenvalue weighted by Crippen LogP contribution is -2.48. The number of nitrogens with zero attached hydrogens (tertiary/aromatic N) is 1. The standard InChI is InChI=1S/C13H19F6NO3/c1-11(2,3)23-10(21)20-6-4-5-8(20)7-22-9(12(14,15)16)13(17,18)19/h8-9H,4-7H2,1-3H3. The van der Waals surface area contributed by atoms with E-state index < -0.39 is 42.8 Å². The van der Waals surface area contributed by atoms with Crippen molar-refractivity contribution in [3.63, 3.8) is 0 Å². The van der Waals surface area contributed by atoms with Gasteiger partial charge in [0.1, 0.15) is 5.60 Å². The zero-order valence-electron chi connectivity index (χ0n) is 12.9. The zero-order chi connectivity index (χ0) is 18.1. The van der Waals surface area contributed by atoms with Crippen LogP contribution < -0.4 is 0 Å². The van der Waals surface area contributed by atoms with E-state index in [4.69, 9.17) is 4.74 Å². The van der Waals surface area contributed by atoms with E-state index in [1.165, 1.54) is 0 Å². The Morgan fingerprint density at radius 3 is 2.09 bits per heavy atom. The highest BCUT2D eigenvalue weighted by Crippen LogP contribution is 2.36. The maximum absolute atomic E-state index is 12.4. The van der Waals surface area contributed by atoms with Crippen LogP contribution in [0, 0.1) is 0 Å². The van der Waals surface area contributed by atoms with Crippen molar-refractivity contribution in [3.05, 3.63) is 0 Å². The highest BCUT2D eigenvalue weighted by Gasteiger charge is 2.58. The Bertz CT molecular complexity index is 401. The summed E-state index contributed by atoms with van der Waals surface area (Å²) < 4.78 is 83.7. The fourth-order valence-corrected chi connectivity index (χ4v) is 2.15. The third kappa shape index (κ3) is 6.08. The molecule has 0 aromatic heterocycles. The first-order valence-electron chi connectivity index (χ1n) is 6.96. The summed E-state index contributed by atoms with van der Waals surface area (Å²) in [6.45, 7) is 4.16. The lowest BCUT2D eigenvalue weighted by Gasteiger charge is -2.30. The summed E-state index contributed by atoms with van der Waals surface area (Å²) in [6.07, 6.45) is -15.1. The summed E-state index contributed by atoms with van der Waals surface area (Å²) >= 11 is 0. The van der Waals surface area contributed by atoms with Gasteiger partial charge in [-0.15, -0.1) is 0 Å². The predicted octanol–water partition coefficient (Wildman–Crippen LogP) is 3.90. The zero-order valence-corrected chi connectivity index (χ0v) is 12.9. The van der Waals surface area contributed by atoms with Gasteiger partial charge in [0, 0.05) is 6.54 Å². The van der Waals surface area contributed by atoms with Crippen molar-refractivity contribution in [3.8, 4) is 0 Å². The number of halogens is 6. The Morgan fingerprint density at radius 1 is 1.13 bits per heavy atom. The second-order valence-electron chi connectivity index (χ2n) is 6.27. The van der Waals surface area contributed by atoms with E-state index in [0.29, 0.717) is 6.42 Å². The molecular weight excluding hydrogens is 332 g/mol. The first-order valence-corrected chi connectivity index (χ1v) is 6.96. The van der Waals surface area contributed by atoms with E-state index in [1.807, 2.05) is 0 Å². The summed E-state index contributed by atoms with van der Waals surface area (Å²) in [4.78, 5) is 13.0. The van der Waals surface area contributed by atoms with Crippen molar-refractivity contribution in [2.45, 2.75) is 63.7 Å². The summed E-state index contributed by atoms with van der Waals surface area (Å²) in [5.74, 6) is 0. The minimum absolute atomic E-state index is 0.200. The van der Waals surface area contributed by atoms with Crippen LogP contribution >= 0.6 is 0 Å². The number of likely N-dealkylation sites (tertiary alicyclic amines) is 1. The molecule has 0 N–H and O–H groups in total. The van der Waals surface area contributed by atoms with Gasteiger partial charge in [-0.05, 0) is 33.6 Å². The third-order valence-electron chi connectivity index (χ3n) is 3.06. The van der Waals surface area contributed by atoms with Gasteiger partial charge in [0.05, 0.1) is 12.6 Å². The third-order valence-corrected chi connectivity index (χ3v) is 3.06. The van der Waals surface area contributed by atoms with Gasteiger partial charge < -0.3 is 14.4 Å². The van der Waals surface area contributed by atoms with Crippen LogP contribution in [0.25, 0.3) is 0 Å². The molecule has 0 aromatic rings. The Kier molecular flexibility index (Phi) is 5.82. The number of carbonyl (C=O) groups excluding carboxylic acids is 1. The largest absolute Gasteiger partial charge is 0.444 e. The summed E-state index contributed by atoms with van der Waals surface area (Å²) in [7, 11) is 0. The van der Waals surface area contributed by atoms with Crippen LogP contribution in [0.4, 0.5) is 31.1 Å². The molecule has 136 valence electrons. The van der Waals surface area contributed by atoms with E-state index >= 15 is 0 Å². The molecule has 0 aromatic carbocycles. The molecule has 0 saturated carbocycles. The highest BCUT2D eigenvalue weighted by molar-refractivity contribution is 5.68. The fourth-order valence-electron chi connectivity index (χ4n) is 2.15. The SMILES string of the molecule is CC(C)(C)OC(=O)N1CCCC1COC(C(F)(F)F)C(F)(F)F. The first kappa shape index (κ1) is 19.9. The molecule has 23 heavy (non-hydrogen) atoms. The van der Waals surface area contributed by atoms with Gasteiger partial charge in [0.15, 0.2) is 0 Å². The van der Waals surface area contributed by atoms with Crippen molar-refractivity contribution in [2.75, 3.05) is 13.2 Å².